The van der Waals surface area contributed by atoms with Crippen LogP contribution in [0, 0.1) is 5.41 Å². The van der Waals surface area contributed by atoms with Gasteiger partial charge in [0.15, 0.2) is 0 Å². The number of nitrogens with one attached hydrogen (secondary N) is 3. The van der Waals surface area contributed by atoms with Crippen LogP contribution in [0.5, 0.6) is 0 Å². The number of rotatable bonds is 5. The Morgan fingerprint density at radius 1 is 1.41 bits per heavy atom. The van der Waals surface area contributed by atoms with E-state index in [-0.39, 0.29) is 17.2 Å². The van der Waals surface area contributed by atoms with E-state index in [2.05, 4.69) is 16.0 Å². The first kappa shape index (κ1) is 14.0. The van der Waals surface area contributed by atoms with Crippen LogP contribution in [0.15, 0.2) is 0 Å². The molecule has 2 unspecified atom stereocenters. The molecule has 1 heterocycles. The Morgan fingerprint density at radius 3 is 2.59 bits per heavy atom. The van der Waals surface area contributed by atoms with E-state index in [1.807, 2.05) is 13.8 Å². The fraction of sp³-hybridized carbons (Fsp3) is 0.833. The van der Waals surface area contributed by atoms with Gasteiger partial charge in [0.1, 0.15) is 6.04 Å². The molecule has 3 N–H and O–H groups in total. The van der Waals surface area contributed by atoms with E-state index >= 15 is 0 Å². The average molecular weight is 241 g/mol. The highest BCUT2D eigenvalue weighted by molar-refractivity contribution is 5.90. The van der Waals surface area contributed by atoms with Crippen LogP contribution in [-0.2, 0) is 9.59 Å². The normalized spacial score (nSPS) is 25.4. The molecule has 0 aromatic rings. The molecule has 0 aliphatic carbocycles. The largest absolute Gasteiger partial charge is 0.355 e. The first-order valence-corrected chi connectivity index (χ1v) is 6.35. The Kier molecular flexibility index (Phi) is 4.93. The van der Waals surface area contributed by atoms with Gasteiger partial charge in [-0.15, -0.1) is 0 Å². The average Bonchev–Trinajstić information content (AvgIpc) is 2.79. The van der Waals surface area contributed by atoms with Crippen molar-refractivity contribution >= 4 is 11.8 Å². The van der Waals surface area contributed by atoms with Crippen molar-refractivity contribution in [3.63, 3.8) is 0 Å². The standard InChI is InChI=1S/C12H23N3O2/c1-4-12(6-7-13-8-12)11(17)15-9(3)10(16)14-5-2/h9,13H,4-8H2,1-3H3,(H,14,16)(H,15,17). The van der Waals surface area contributed by atoms with E-state index < -0.39 is 6.04 Å². The molecule has 0 bridgehead atoms. The molecule has 0 spiro atoms. The topological polar surface area (TPSA) is 70.2 Å². The second-order valence-corrected chi connectivity index (χ2v) is 4.65. The lowest BCUT2D eigenvalue weighted by Crippen LogP contribution is -2.50. The number of hydrogen-bond donors (Lipinski definition) is 3. The highest BCUT2D eigenvalue weighted by Gasteiger charge is 2.40. The van der Waals surface area contributed by atoms with Gasteiger partial charge in [-0.1, -0.05) is 6.92 Å². The fourth-order valence-electron chi connectivity index (χ4n) is 2.14. The van der Waals surface area contributed by atoms with Crippen LogP contribution in [0.2, 0.25) is 0 Å². The van der Waals surface area contributed by atoms with Crippen molar-refractivity contribution in [2.45, 2.75) is 39.7 Å². The van der Waals surface area contributed by atoms with Crippen LogP contribution >= 0.6 is 0 Å². The minimum absolute atomic E-state index is 0.0104. The predicted molar refractivity (Wildman–Crippen MR) is 66.5 cm³/mol. The minimum atomic E-state index is -0.466. The molecule has 1 fully saturated rings. The van der Waals surface area contributed by atoms with Crippen molar-refractivity contribution in [3.8, 4) is 0 Å². The quantitative estimate of drug-likeness (QED) is 0.635. The maximum Gasteiger partial charge on any atom is 0.242 e. The molecule has 98 valence electrons. The summed E-state index contributed by atoms with van der Waals surface area (Å²) >= 11 is 0. The monoisotopic (exact) mass is 241 g/mol. The number of amides is 2. The first-order valence-electron chi connectivity index (χ1n) is 6.35. The van der Waals surface area contributed by atoms with Crippen molar-refractivity contribution in [1.82, 2.24) is 16.0 Å². The summed E-state index contributed by atoms with van der Waals surface area (Å²) in [6, 6.07) is -0.466. The van der Waals surface area contributed by atoms with Crippen LogP contribution in [0.25, 0.3) is 0 Å². The van der Waals surface area contributed by atoms with Crippen molar-refractivity contribution < 1.29 is 9.59 Å². The summed E-state index contributed by atoms with van der Waals surface area (Å²) < 4.78 is 0. The summed E-state index contributed by atoms with van der Waals surface area (Å²) in [5, 5.41) is 8.72. The van der Waals surface area contributed by atoms with Crippen molar-refractivity contribution in [2.24, 2.45) is 5.41 Å². The molecule has 1 saturated heterocycles. The zero-order valence-electron chi connectivity index (χ0n) is 10.9. The van der Waals surface area contributed by atoms with Crippen molar-refractivity contribution in [3.05, 3.63) is 0 Å². The molecule has 0 saturated carbocycles. The van der Waals surface area contributed by atoms with E-state index in [1.165, 1.54) is 0 Å². The minimum Gasteiger partial charge on any atom is -0.355 e. The molecule has 0 radical (unpaired) electrons. The summed E-state index contributed by atoms with van der Waals surface area (Å²) in [6.45, 7) is 7.76. The Balaban J connectivity index is 2.55. The van der Waals surface area contributed by atoms with Gasteiger partial charge in [-0.2, -0.15) is 0 Å². The lowest BCUT2D eigenvalue weighted by molar-refractivity contribution is -0.134. The molecule has 1 aliphatic rings. The van der Waals surface area contributed by atoms with Crippen LogP contribution in [0.3, 0.4) is 0 Å². The van der Waals surface area contributed by atoms with Crippen molar-refractivity contribution in [2.75, 3.05) is 19.6 Å². The Labute approximate surface area is 103 Å². The highest BCUT2D eigenvalue weighted by Crippen LogP contribution is 2.29. The number of hydrogen-bond acceptors (Lipinski definition) is 3. The molecule has 5 nitrogen and oxygen atoms in total. The molecule has 17 heavy (non-hydrogen) atoms. The lowest BCUT2D eigenvalue weighted by Gasteiger charge is -2.27. The van der Waals surface area contributed by atoms with Crippen LogP contribution in [-0.4, -0.2) is 37.5 Å². The molecule has 1 aliphatic heterocycles. The summed E-state index contributed by atoms with van der Waals surface area (Å²) in [4.78, 5) is 23.7. The van der Waals surface area contributed by atoms with E-state index in [0.717, 1.165) is 19.4 Å². The van der Waals surface area contributed by atoms with E-state index in [9.17, 15) is 9.59 Å². The molecule has 2 amide bonds. The number of likely N-dealkylation sites (N-methyl/N-ethyl adjacent to an activating group) is 1. The van der Waals surface area contributed by atoms with Crippen LogP contribution < -0.4 is 16.0 Å². The van der Waals surface area contributed by atoms with Gasteiger partial charge >= 0.3 is 0 Å². The number of carbonyl (C=O) groups excluding carboxylic acids is 2. The molecule has 2 atom stereocenters. The van der Waals surface area contributed by atoms with Gasteiger partial charge in [0.25, 0.3) is 0 Å². The summed E-state index contributed by atoms with van der Waals surface area (Å²) in [5.74, 6) is -0.137. The van der Waals surface area contributed by atoms with Crippen molar-refractivity contribution in [1.29, 1.82) is 0 Å². The van der Waals surface area contributed by atoms with Gasteiger partial charge in [0.2, 0.25) is 11.8 Å². The third kappa shape index (κ3) is 3.19. The van der Waals surface area contributed by atoms with Gasteiger partial charge in [-0.25, -0.2) is 0 Å². The zero-order chi connectivity index (χ0) is 12.9. The Bertz CT molecular complexity index is 285. The molecule has 0 aromatic heterocycles. The van der Waals surface area contributed by atoms with Gasteiger partial charge in [-0.05, 0) is 33.2 Å². The van der Waals surface area contributed by atoms with E-state index in [0.29, 0.717) is 13.1 Å². The molecule has 5 heteroatoms. The van der Waals surface area contributed by atoms with Crippen LogP contribution in [0.1, 0.15) is 33.6 Å². The van der Waals surface area contributed by atoms with Gasteiger partial charge in [0, 0.05) is 13.1 Å². The maximum atomic E-state index is 12.2. The third-order valence-electron chi connectivity index (χ3n) is 3.49. The van der Waals surface area contributed by atoms with Gasteiger partial charge in [0.05, 0.1) is 5.41 Å². The molecule has 0 aromatic carbocycles. The van der Waals surface area contributed by atoms with E-state index in [1.54, 1.807) is 6.92 Å². The molecular formula is C12H23N3O2. The second-order valence-electron chi connectivity index (χ2n) is 4.65. The van der Waals surface area contributed by atoms with Gasteiger partial charge < -0.3 is 16.0 Å². The Hall–Kier alpha value is -1.10. The zero-order valence-corrected chi connectivity index (χ0v) is 10.9. The first-order chi connectivity index (χ1) is 8.05. The summed E-state index contributed by atoms with van der Waals surface area (Å²) in [5.41, 5.74) is -0.333. The third-order valence-corrected chi connectivity index (χ3v) is 3.49. The maximum absolute atomic E-state index is 12.2. The molecular weight excluding hydrogens is 218 g/mol. The molecule has 1 rings (SSSR count). The van der Waals surface area contributed by atoms with E-state index in [4.69, 9.17) is 0 Å². The smallest absolute Gasteiger partial charge is 0.242 e. The second kappa shape index (κ2) is 6.00. The number of carbonyl (C=O) groups is 2. The SMILES string of the molecule is CCNC(=O)C(C)NC(=O)C1(CC)CCNC1. The summed E-state index contributed by atoms with van der Waals surface area (Å²) in [6.07, 6.45) is 1.64. The highest BCUT2D eigenvalue weighted by atomic mass is 16.2. The predicted octanol–water partition coefficient (Wildman–Crippen LogP) is 0.0169. The fourth-order valence-corrected chi connectivity index (χ4v) is 2.14. The Morgan fingerprint density at radius 2 is 2.12 bits per heavy atom. The summed E-state index contributed by atoms with van der Waals surface area (Å²) in [7, 11) is 0. The van der Waals surface area contributed by atoms with Gasteiger partial charge in [-0.3, -0.25) is 9.59 Å². The lowest BCUT2D eigenvalue weighted by atomic mass is 9.83. The van der Waals surface area contributed by atoms with Crippen LogP contribution in [0.4, 0.5) is 0 Å².